The van der Waals surface area contributed by atoms with Crippen molar-refractivity contribution in [1.29, 1.82) is 0 Å². The third-order valence-electron chi connectivity index (χ3n) is 4.63. The topological polar surface area (TPSA) is 60.5 Å². The van der Waals surface area contributed by atoms with Gasteiger partial charge in [-0.3, -0.25) is 10.1 Å². The number of aromatic nitrogens is 1. The van der Waals surface area contributed by atoms with Gasteiger partial charge in [0.1, 0.15) is 11.5 Å². The first-order chi connectivity index (χ1) is 14.7. The molecule has 1 aromatic heterocycles. The number of ether oxygens (including phenoxy) is 2. The smallest absolute Gasteiger partial charge is 0.250 e. The van der Waals surface area contributed by atoms with E-state index in [1.54, 1.807) is 26.4 Å². The van der Waals surface area contributed by atoms with Gasteiger partial charge in [0.15, 0.2) is 5.13 Å². The molecule has 0 atom stereocenters. The van der Waals surface area contributed by atoms with E-state index in [1.807, 2.05) is 35.7 Å². The fourth-order valence-electron chi connectivity index (χ4n) is 3.08. The first-order valence-electron chi connectivity index (χ1n) is 9.32. The molecule has 1 heterocycles. The Balaban J connectivity index is 1.47. The Bertz CT molecular complexity index is 1230. The van der Waals surface area contributed by atoms with Gasteiger partial charge in [0.25, 0.3) is 0 Å². The summed E-state index contributed by atoms with van der Waals surface area (Å²) in [4.78, 5) is 16.9. The number of rotatable bonds is 6. The van der Waals surface area contributed by atoms with Gasteiger partial charge in [-0.15, -0.1) is 11.3 Å². The fraction of sp³-hybridized carbons (Fsp3) is 0.0833. The van der Waals surface area contributed by atoms with Crippen molar-refractivity contribution in [2.24, 2.45) is 0 Å². The minimum absolute atomic E-state index is 0.257. The van der Waals surface area contributed by atoms with Crippen molar-refractivity contribution in [1.82, 2.24) is 4.98 Å². The van der Waals surface area contributed by atoms with Crippen LogP contribution in [0.4, 0.5) is 5.13 Å². The third kappa shape index (κ3) is 4.34. The molecule has 0 saturated heterocycles. The maximum absolute atomic E-state index is 12.3. The Morgan fingerprint density at radius 2 is 1.83 bits per heavy atom. The lowest BCUT2D eigenvalue weighted by Gasteiger charge is -2.07. The zero-order chi connectivity index (χ0) is 20.9. The second kappa shape index (κ2) is 8.80. The Morgan fingerprint density at radius 1 is 1.00 bits per heavy atom. The van der Waals surface area contributed by atoms with Crippen LogP contribution >= 0.6 is 11.3 Å². The van der Waals surface area contributed by atoms with E-state index in [0.29, 0.717) is 16.6 Å². The molecule has 1 amide bonds. The van der Waals surface area contributed by atoms with E-state index in [1.165, 1.54) is 22.8 Å². The standard InChI is InChI=1S/C24H20N2O3S/c1-28-20-11-9-17(22(14-20)29-2)10-12-23(27)26-24-25-21(15-30-24)19-8-7-16-5-3-4-6-18(16)13-19/h3-15H,1-2H3,(H,25,26,27)/b12-10+. The van der Waals surface area contributed by atoms with E-state index in [9.17, 15) is 4.79 Å². The Hall–Kier alpha value is -3.64. The van der Waals surface area contributed by atoms with Gasteiger partial charge in [-0.2, -0.15) is 0 Å². The molecule has 30 heavy (non-hydrogen) atoms. The summed E-state index contributed by atoms with van der Waals surface area (Å²) in [5.74, 6) is 1.07. The van der Waals surface area contributed by atoms with Gasteiger partial charge in [0.2, 0.25) is 5.91 Å². The van der Waals surface area contributed by atoms with Crippen molar-refractivity contribution >= 4 is 39.2 Å². The molecule has 5 nitrogen and oxygen atoms in total. The van der Waals surface area contributed by atoms with Crippen molar-refractivity contribution in [3.8, 4) is 22.8 Å². The van der Waals surface area contributed by atoms with Crippen LogP contribution in [0.5, 0.6) is 11.5 Å². The predicted octanol–water partition coefficient (Wildman–Crippen LogP) is 5.63. The Kier molecular flexibility index (Phi) is 5.77. The quantitative estimate of drug-likeness (QED) is 0.414. The monoisotopic (exact) mass is 416 g/mol. The van der Waals surface area contributed by atoms with Crippen molar-refractivity contribution in [2.45, 2.75) is 0 Å². The number of amides is 1. The number of hydrogen-bond acceptors (Lipinski definition) is 5. The highest BCUT2D eigenvalue weighted by atomic mass is 32.1. The maximum atomic E-state index is 12.3. The van der Waals surface area contributed by atoms with Crippen molar-refractivity contribution in [2.75, 3.05) is 19.5 Å². The fourth-order valence-corrected chi connectivity index (χ4v) is 3.80. The van der Waals surface area contributed by atoms with E-state index in [-0.39, 0.29) is 5.91 Å². The van der Waals surface area contributed by atoms with Crippen LogP contribution in [0.3, 0.4) is 0 Å². The number of anilines is 1. The number of methoxy groups -OCH3 is 2. The summed E-state index contributed by atoms with van der Waals surface area (Å²) in [5.41, 5.74) is 2.63. The second-order valence-corrected chi connectivity index (χ2v) is 7.39. The normalized spacial score (nSPS) is 11.0. The van der Waals surface area contributed by atoms with Crippen LogP contribution in [0.1, 0.15) is 5.56 Å². The molecule has 1 N–H and O–H groups in total. The molecule has 150 valence electrons. The molecule has 3 aromatic carbocycles. The largest absolute Gasteiger partial charge is 0.497 e. The first-order valence-corrected chi connectivity index (χ1v) is 10.2. The number of carbonyl (C=O) groups excluding carboxylic acids is 1. The van der Waals surface area contributed by atoms with Crippen molar-refractivity contribution in [3.63, 3.8) is 0 Å². The second-order valence-electron chi connectivity index (χ2n) is 6.53. The number of thiazole rings is 1. The molecule has 4 rings (SSSR count). The average Bonchev–Trinajstić information content (AvgIpc) is 3.25. The summed E-state index contributed by atoms with van der Waals surface area (Å²) in [7, 11) is 3.17. The van der Waals surface area contributed by atoms with Crippen LogP contribution < -0.4 is 14.8 Å². The summed E-state index contributed by atoms with van der Waals surface area (Å²) < 4.78 is 10.5. The van der Waals surface area contributed by atoms with Gasteiger partial charge >= 0.3 is 0 Å². The summed E-state index contributed by atoms with van der Waals surface area (Å²) in [6, 6.07) is 19.8. The lowest BCUT2D eigenvalue weighted by Crippen LogP contribution is -2.07. The van der Waals surface area contributed by atoms with Gasteiger partial charge in [-0.25, -0.2) is 4.98 Å². The highest BCUT2D eigenvalue weighted by Gasteiger charge is 2.08. The van der Waals surface area contributed by atoms with Crippen LogP contribution in [0.25, 0.3) is 28.1 Å². The average molecular weight is 417 g/mol. The third-order valence-corrected chi connectivity index (χ3v) is 5.39. The summed E-state index contributed by atoms with van der Waals surface area (Å²) in [6.07, 6.45) is 3.16. The minimum Gasteiger partial charge on any atom is -0.497 e. The highest BCUT2D eigenvalue weighted by Crippen LogP contribution is 2.28. The molecular weight excluding hydrogens is 396 g/mol. The molecule has 0 bridgehead atoms. The number of carbonyl (C=O) groups is 1. The summed E-state index contributed by atoms with van der Waals surface area (Å²) >= 11 is 1.39. The zero-order valence-corrected chi connectivity index (χ0v) is 17.4. The van der Waals surface area contributed by atoms with Crippen LogP contribution in [-0.2, 0) is 4.79 Å². The molecule has 0 saturated carbocycles. The Morgan fingerprint density at radius 3 is 2.63 bits per heavy atom. The van der Waals surface area contributed by atoms with Gasteiger partial charge < -0.3 is 9.47 Å². The number of fused-ring (bicyclic) bond motifs is 1. The van der Waals surface area contributed by atoms with Crippen LogP contribution in [0.2, 0.25) is 0 Å². The molecule has 0 radical (unpaired) electrons. The molecular formula is C24H20N2O3S. The van der Waals surface area contributed by atoms with Gasteiger partial charge in [0.05, 0.1) is 19.9 Å². The van der Waals surface area contributed by atoms with Crippen molar-refractivity contribution in [3.05, 3.63) is 77.7 Å². The predicted molar refractivity (Wildman–Crippen MR) is 122 cm³/mol. The lowest BCUT2D eigenvalue weighted by molar-refractivity contribution is -0.111. The molecule has 0 aliphatic rings. The van der Waals surface area contributed by atoms with Crippen LogP contribution in [0.15, 0.2) is 72.1 Å². The first kappa shape index (κ1) is 19.7. The molecule has 0 fully saturated rings. The van der Waals surface area contributed by atoms with E-state index >= 15 is 0 Å². The number of nitrogens with zero attached hydrogens (tertiary/aromatic N) is 1. The van der Waals surface area contributed by atoms with E-state index in [0.717, 1.165) is 22.2 Å². The lowest BCUT2D eigenvalue weighted by atomic mass is 10.1. The van der Waals surface area contributed by atoms with E-state index < -0.39 is 0 Å². The van der Waals surface area contributed by atoms with Crippen molar-refractivity contribution < 1.29 is 14.3 Å². The molecule has 0 unspecified atom stereocenters. The van der Waals surface area contributed by atoms with Gasteiger partial charge in [-0.05, 0) is 35.0 Å². The highest BCUT2D eigenvalue weighted by molar-refractivity contribution is 7.14. The zero-order valence-electron chi connectivity index (χ0n) is 16.6. The molecule has 6 heteroatoms. The van der Waals surface area contributed by atoms with Crippen LogP contribution in [0, 0.1) is 0 Å². The number of hydrogen-bond donors (Lipinski definition) is 1. The molecule has 0 aliphatic carbocycles. The summed E-state index contributed by atoms with van der Waals surface area (Å²) in [5, 5.41) is 7.65. The molecule has 0 aliphatic heterocycles. The number of benzene rings is 3. The SMILES string of the molecule is COc1ccc(/C=C/C(=O)Nc2nc(-c3ccc4ccccc4c3)cs2)c(OC)c1. The van der Waals surface area contributed by atoms with Gasteiger partial charge in [0, 0.05) is 28.6 Å². The maximum Gasteiger partial charge on any atom is 0.250 e. The molecule has 4 aromatic rings. The minimum atomic E-state index is -0.257. The number of nitrogens with one attached hydrogen (secondary N) is 1. The van der Waals surface area contributed by atoms with E-state index in [2.05, 4.69) is 34.6 Å². The molecule has 0 spiro atoms. The van der Waals surface area contributed by atoms with Crippen LogP contribution in [-0.4, -0.2) is 25.1 Å². The Labute approximate surface area is 178 Å². The summed E-state index contributed by atoms with van der Waals surface area (Å²) in [6.45, 7) is 0. The van der Waals surface area contributed by atoms with E-state index in [4.69, 9.17) is 9.47 Å². The van der Waals surface area contributed by atoms with Gasteiger partial charge in [-0.1, -0.05) is 36.4 Å².